The summed E-state index contributed by atoms with van der Waals surface area (Å²) in [6.45, 7) is 0. The molecule has 63 heavy (non-hydrogen) atoms. The quantitative estimate of drug-likeness (QED) is 0.151. The molecule has 0 atom stereocenters. The lowest BCUT2D eigenvalue weighted by atomic mass is 9.92. The molecule has 3 heterocycles. The summed E-state index contributed by atoms with van der Waals surface area (Å²) in [6.07, 6.45) is 0. The van der Waals surface area contributed by atoms with Crippen LogP contribution in [0.1, 0.15) is 0 Å². The normalized spacial score (nSPS) is 11.5. The number of fused-ring (bicyclic) bond motifs is 6. The van der Waals surface area contributed by atoms with Crippen LogP contribution in [0.15, 0.2) is 231 Å². The zero-order valence-electron chi connectivity index (χ0n) is 34.2. The molecule has 0 saturated heterocycles. The van der Waals surface area contributed by atoms with E-state index in [-0.39, 0.29) is 0 Å². The first-order valence-corrected chi connectivity index (χ1v) is 21.3. The lowest BCUT2D eigenvalue weighted by molar-refractivity contribution is 1.16. The average Bonchev–Trinajstić information content (AvgIpc) is 3.71. The van der Waals surface area contributed by atoms with Gasteiger partial charge in [-0.05, 0) is 87.6 Å². The van der Waals surface area contributed by atoms with Crippen molar-refractivity contribution in [2.45, 2.75) is 0 Å². The molecular formula is C59H38N4. The van der Waals surface area contributed by atoms with Crippen LogP contribution in [0.5, 0.6) is 0 Å². The van der Waals surface area contributed by atoms with Crippen molar-refractivity contribution in [3.8, 4) is 73.1 Å². The standard InChI is InChI=1S/C59H38N4/c1-4-16-39(17-5-1)51-37-53(40-18-6-2-7-19-40)60-52-33-31-44-34-43(30-32-48(44)58(51)52)42-22-14-23-45(35-42)54-38-55(62-59(61-54)41-20-8-3-9-21-41)46-24-15-25-47(36-46)63-56-28-12-10-26-49(56)50-27-11-13-29-57(50)63/h1-38H. The Morgan fingerprint density at radius 3 is 1.54 bits per heavy atom. The average molecular weight is 803 g/mol. The highest BCUT2D eigenvalue weighted by atomic mass is 15.0. The third-order valence-corrected chi connectivity index (χ3v) is 12.2. The Morgan fingerprint density at radius 2 is 0.841 bits per heavy atom. The van der Waals surface area contributed by atoms with Gasteiger partial charge in [0, 0.05) is 44.1 Å². The van der Waals surface area contributed by atoms with E-state index in [0.717, 1.165) is 72.4 Å². The Bertz CT molecular complexity index is 3620. The molecule has 0 spiro atoms. The van der Waals surface area contributed by atoms with Crippen LogP contribution in [0, 0.1) is 0 Å². The highest BCUT2D eigenvalue weighted by Gasteiger charge is 2.17. The molecule has 4 heteroatoms. The second kappa shape index (κ2) is 15.2. The minimum Gasteiger partial charge on any atom is -0.309 e. The van der Waals surface area contributed by atoms with Crippen LogP contribution >= 0.6 is 0 Å². The molecule has 0 aliphatic rings. The van der Waals surface area contributed by atoms with Crippen molar-refractivity contribution in [3.63, 3.8) is 0 Å². The monoisotopic (exact) mass is 802 g/mol. The maximum atomic E-state index is 5.22. The molecule has 0 saturated carbocycles. The zero-order chi connectivity index (χ0) is 41.7. The van der Waals surface area contributed by atoms with Crippen LogP contribution < -0.4 is 0 Å². The van der Waals surface area contributed by atoms with Gasteiger partial charge in [0.2, 0.25) is 0 Å². The molecule has 12 rings (SSSR count). The minimum absolute atomic E-state index is 0.687. The van der Waals surface area contributed by atoms with Gasteiger partial charge in [-0.25, -0.2) is 15.0 Å². The van der Waals surface area contributed by atoms with Crippen LogP contribution in [-0.4, -0.2) is 19.5 Å². The fourth-order valence-corrected chi connectivity index (χ4v) is 9.17. The molecule has 0 amide bonds. The highest BCUT2D eigenvalue weighted by molar-refractivity contribution is 6.14. The van der Waals surface area contributed by atoms with E-state index in [1.807, 2.05) is 24.3 Å². The second-order valence-electron chi connectivity index (χ2n) is 16.0. The van der Waals surface area contributed by atoms with E-state index in [9.17, 15) is 0 Å². The van der Waals surface area contributed by atoms with Gasteiger partial charge in [-0.3, -0.25) is 0 Å². The van der Waals surface area contributed by atoms with Crippen LogP contribution in [0.25, 0.3) is 117 Å². The van der Waals surface area contributed by atoms with E-state index in [0.29, 0.717) is 5.82 Å². The fourth-order valence-electron chi connectivity index (χ4n) is 9.17. The predicted molar refractivity (Wildman–Crippen MR) is 262 cm³/mol. The molecule has 294 valence electrons. The van der Waals surface area contributed by atoms with Gasteiger partial charge in [-0.1, -0.05) is 176 Å². The molecular weight excluding hydrogens is 765 g/mol. The van der Waals surface area contributed by atoms with E-state index in [1.165, 1.54) is 38.3 Å². The molecule has 0 bridgehead atoms. The van der Waals surface area contributed by atoms with Crippen molar-refractivity contribution in [2.24, 2.45) is 0 Å². The maximum absolute atomic E-state index is 5.22. The highest BCUT2D eigenvalue weighted by Crippen LogP contribution is 2.39. The molecule has 0 unspecified atom stereocenters. The molecule has 9 aromatic carbocycles. The number of hydrogen-bond donors (Lipinski definition) is 0. The fraction of sp³-hybridized carbons (Fsp3) is 0. The smallest absolute Gasteiger partial charge is 0.160 e. The van der Waals surface area contributed by atoms with Crippen LogP contribution in [-0.2, 0) is 0 Å². The Balaban J connectivity index is 0.966. The Morgan fingerprint density at radius 1 is 0.302 bits per heavy atom. The number of benzene rings is 9. The molecule has 3 aromatic heterocycles. The Labute approximate surface area is 365 Å². The van der Waals surface area contributed by atoms with Gasteiger partial charge in [-0.2, -0.15) is 0 Å². The lowest BCUT2D eigenvalue weighted by Gasteiger charge is -2.14. The first-order chi connectivity index (χ1) is 31.2. The summed E-state index contributed by atoms with van der Waals surface area (Å²) in [5.74, 6) is 0.687. The SMILES string of the molecule is c1ccc(-c2cc(-c3ccccc3)c3c(ccc4cc(-c5cccc(-c6cc(-c7cccc(-n8c9ccccc9c9ccccc98)c7)nc(-c7ccccc7)n6)c5)ccc43)n2)cc1. The van der Waals surface area contributed by atoms with E-state index in [2.05, 4.69) is 211 Å². The molecule has 0 radical (unpaired) electrons. The number of hydrogen-bond acceptors (Lipinski definition) is 3. The van der Waals surface area contributed by atoms with Gasteiger partial charge in [-0.15, -0.1) is 0 Å². The van der Waals surface area contributed by atoms with Gasteiger partial charge < -0.3 is 4.57 Å². The predicted octanol–water partition coefficient (Wildman–Crippen LogP) is 15.3. The number of para-hydroxylation sites is 2. The van der Waals surface area contributed by atoms with Crippen LogP contribution in [0.4, 0.5) is 0 Å². The Hall–Kier alpha value is -8.47. The third-order valence-electron chi connectivity index (χ3n) is 12.2. The number of pyridine rings is 1. The van der Waals surface area contributed by atoms with E-state index in [4.69, 9.17) is 15.0 Å². The summed E-state index contributed by atoms with van der Waals surface area (Å²) in [5, 5.41) is 5.97. The molecule has 0 aliphatic heterocycles. The minimum atomic E-state index is 0.687. The summed E-state index contributed by atoms with van der Waals surface area (Å²) >= 11 is 0. The van der Waals surface area contributed by atoms with E-state index < -0.39 is 0 Å². The van der Waals surface area contributed by atoms with Crippen molar-refractivity contribution >= 4 is 43.5 Å². The summed E-state index contributed by atoms with van der Waals surface area (Å²) in [7, 11) is 0. The third kappa shape index (κ3) is 6.53. The van der Waals surface area contributed by atoms with Crippen LogP contribution in [0.3, 0.4) is 0 Å². The van der Waals surface area contributed by atoms with Gasteiger partial charge in [0.25, 0.3) is 0 Å². The van der Waals surface area contributed by atoms with E-state index in [1.54, 1.807) is 0 Å². The summed E-state index contributed by atoms with van der Waals surface area (Å²) in [4.78, 5) is 15.6. The largest absolute Gasteiger partial charge is 0.309 e. The lowest BCUT2D eigenvalue weighted by Crippen LogP contribution is -1.98. The van der Waals surface area contributed by atoms with Crippen molar-refractivity contribution < 1.29 is 0 Å². The van der Waals surface area contributed by atoms with Gasteiger partial charge >= 0.3 is 0 Å². The molecule has 0 aliphatic carbocycles. The Kier molecular flexibility index (Phi) is 8.79. The van der Waals surface area contributed by atoms with Crippen molar-refractivity contribution in [3.05, 3.63) is 231 Å². The first kappa shape index (κ1) is 36.4. The zero-order valence-corrected chi connectivity index (χ0v) is 34.2. The molecule has 0 N–H and O–H groups in total. The maximum Gasteiger partial charge on any atom is 0.160 e. The summed E-state index contributed by atoms with van der Waals surface area (Å²) in [6, 6.07) is 81.6. The van der Waals surface area contributed by atoms with E-state index >= 15 is 0 Å². The summed E-state index contributed by atoms with van der Waals surface area (Å²) in [5.41, 5.74) is 15.8. The van der Waals surface area contributed by atoms with Crippen molar-refractivity contribution in [2.75, 3.05) is 0 Å². The van der Waals surface area contributed by atoms with Gasteiger partial charge in [0.1, 0.15) is 0 Å². The van der Waals surface area contributed by atoms with Crippen LogP contribution in [0.2, 0.25) is 0 Å². The summed E-state index contributed by atoms with van der Waals surface area (Å²) < 4.78 is 2.35. The first-order valence-electron chi connectivity index (χ1n) is 21.3. The molecule has 12 aromatic rings. The van der Waals surface area contributed by atoms with Crippen molar-refractivity contribution in [1.82, 2.24) is 19.5 Å². The molecule has 4 nitrogen and oxygen atoms in total. The number of rotatable bonds is 7. The van der Waals surface area contributed by atoms with Crippen molar-refractivity contribution in [1.29, 1.82) is 0 Å². The second-order valence-corrected chi connectivity index (χ2v) is 16.0. The number of nitrogens with zero attached hydrogens (tertiary/aromatic N) is 4. The topological polar surface area (TPSA) is 43.6 Å². The van der Waals surface area contributed by atoms with Gasteiger partial charge in [0.15, 0.2) is 5.82 Å². The van der Waals surface area contributed by atoms with Gasteiger partial charge in [0.05, 0.1) is 33.6 Å². The number of aromatic nitrogens is 4. The molecule has 0 fully saturated rings.